The minimum atomic E-state index is -4.50. The van der Waals surface area contributed by atoms with Gasteiger partial charge in [0, 0.05) is 12.6 Å². The molecule has 2 rings (SSSR count). The van der Waals surface area contributed by atoms with E-state index in [1.165, 1.54) is 25.4 Å². The SMILES string of the molecule is COc1ccc(NC(=S)NCc2ccc(Cl)c(C(F)(F)F)c2)cn1. The summed E-state index contributed by atoms with van der Waals surface area (Å²) in [6, 6.07) is 7.07. The Morgan fingerprint density at radius 2 is 2.04 bits per heavy atom. The fourth-order valence-electron chi connectivity index (χ4n) is 1.83. The van der Waals surface area contributed by atoms with Gasteiger partial charge in [-0.15, -0.1) is 0 Å². The first-order valence-corrected chi connectivity index (χ1v) is 7.48. The molecule has 0 saturated heterocycles. The second-order valence-electron chi connectivity index (χ2n) is 4.71. The standard InChI is InChI=1S/C15H13ClF3N3OS/c1-23-13-5-3-10(8-20-13)22-14(24)21-7-9-2-4-12(16)11(6-9)15(17,18)19/h2-6,8H,7H2,1H3,(H2,21,22,24). The number of anilines is 1. The molecule has 0 unspecified atom stereocenters. The summed E-state index contributed by atoms with van der Waals surface area (Å²) in [4.78, 5) is 4.01. The molecule has 0 amide bonds. The number of aromatic nitrogens is 1. The van der Waals surface area contributed by atoms with E-state index in [9.17, 15) is 13.2 Å². The van der Waals surface area contributed by atoms with E-state index in [0.717, 1.165) is 6.07 Å². The highest BCUT2D eigenvalue weighted by molar-refractivity contribution is 7.80. The number of halogens is 4. The average molecular weight is 376 g/mol. The van der Waals surface area contributed by atoms with Crippen molar-refractivity contribution in [3.05, 3.63) is 52.7 Å². The zero-order valence-corrected chi connectivity index (χ0v) is 14.0. The number of nitrogens with one attached hydrogen (secondary N) is 2. The Hall–Kier alpha value is -2.06. The maximum atomic E-state index is 12.8. The normalized spacial score (nSPS) is 11.0. The first-order valence-electron chi connectivity index (χ1n) is 6.70. The summed E-state index contributed by atoms with van der Waals surface area (Å²) in [5.41, 5.74) is 0.158. The Labute approximate surface area is 147 Å². The van der Waals surface area contributed by atoms with Gasteiger partial charge in [0.15, 0.2) is 5.11 Å². The number of rotatable bonds is 4. The Balaban J connectivity index is 1.96. The van der Waals surface area contributed by atoms with Gasteiger partial charge in [0.1, 0.15) is 0 Å². The Morgan fingerprint density at radius 1 is 1.29 bits per heavy atom. The monoisotopic (exact) mass is 375 g/mol. The van der Waals surface area contributed by atoms with Gasteiger partial charge in [0.25, 0.3) is 0 Å². The topological polar surface area (TPSA) is 46.2 Å². The molecule has 0 spiro atoms. The van der Waals surface area contributed by atoms with Gasteiger partial charge in [-0.05, 0) is 36.0 Å². The number of alkyl halides is 3. The maximum absolute atomic E-state index is 12.8. The summed E-state index contributed by atoms with van der Waals surface area (Å²) in [6.45, 7) is 0.121. The minimum absolute atomic E-state index is 0.121. The summed E-state index contributed by atoms with van der Waals surface area (Å²) in [6.07, 6.45) is -2.97. The largest absolute Gasteiger partial charge is 0.481 e. The van der Waals surface area contributed by atoms with E-state index in [4.69, 9.17) is 28.6 Å². The highest BCUT2D eigenvalue weighted by Gasteiger charge is 2.33. The van der Waals surface area contributed by atoms with Gasteiger partial charge in [-0.1, -0.05) is 17.7 Å². The van der Waals surface area contributed by atoms with Crippen LogP contribution in [0.2, 0.25) is 5.02 Å². The first kappa shape index (κ1) is 18.3. The Kier molecular flexibility index (Phi) is 5.84. The quantitative estimate of drug-likeness (QED) is 0.782. The van der Waals surface area contributed by atoms with E-state index in [-0.39, 0.29) is 16.7 Å². The van der Waals surface area contributed by atoms with Crippen LogP contribution in [0, 0.1) is 0 Å². The second-order valence-corrected chi connectivity index (χ2v) is 5.52. The molecule has 0 aliphatic heterocycles. The van der Waals surface area contributed by atoms with Crippen molar-refractivity contribution < 1.29 is 17.9 Å². The Morgan fingerprint density at radius 3 is 2.62 bits per heavy atom. The van der Waals surface area contributed by atoms with Crippen molar-refractivity contribution in [1.82, 2.24) is 10.3 Å². The fraction of sp³-hybridized carbons (Fsp3) is 0.200. The number of pyridine rings is 1. The molecule has 0 saturated carbocycles. The third-order valence-electron chi connectivity index (χ3n) is 2.99. The van der Waals surface area contributed by atoms with Crippen molar-refractivity contribution in [3.63, 3.8) is 0 Å². The van der Waals surface area contributed by atoms with E-state index < -0.39 is 11.7 Å². The lowest BCUT2D eigenvalue weighted by atomic mass is 10.1. The van der Waals surface area contributed by atoms with Gasteiger partial charge in [-0.2, -0.15) is 13.2 Å². The molecule has 0 aliphatic rings. The summed E-state index contributed by atoms with van der Waals surface area (Å²) in [5, 5.41) is 5.62. The molecule has 2 N–H and O–H groups in total. The van der Waals surface area contributed by atoms with Crippen LogP contribution in [-0.4, -0.2) is 17.2 Å². The zero-order valence-electron chi connectivity index (χ0n) is 12.4. The van der Waals surface area contributed by atoms with Crippen LogP contribution in [0.5, 0.6) is 5.88 Å². The van der Waals surface area contributed by atoms with Gasteiger partial charge in [0.05, 0.1) is 29.6 Å². The zero-order chi connectivity index (χ0) is 17.7. The Bertz CT molecular complexity index is 723. The van der Waals surface area contributed by atoms with Crippen molar-refractivity contribution in [2.24, 2.45) is 0 Å². The van der Waals surface area contributed by atoms with E-state index in [0.29, 0.717) is 17.1 Å². The molecule has 1 heterocycles. The molecule has 24 heavy (non-hydrogen) atoms. The van der Waals surface area contributed by atoms with Crippen LogP contribution in [-0.2, 0) is 12.7 Å². The first-order chi connectivity index (χ1) is 11.3. The number of hydrogen-bond donors (Lipinski definition) is 2. The third kappa shape index (κ3) is 4.97. The summed E-state index contributed by atoms with van der Waals surface area (Å²) in [7, 11) is 1.50. The van der Waals surface area contributed by atoms with Crippen LogP contribution in [0.3, 0.4) is 0 Å². The van der Waals surface area contributed by atoms with Crippen LogP contribution >= 0.6 is 23.8 Å². The maximum Gasteiger partial charge on any atom is 0.417 e. The van der Waals surface area contributed by atoms with Crippen molar-refractivity contribution in [2.75, 3.05) is 12.4 Å². The van der Waals surface area contributed by atoms with E-state index in [1.807, 2.05) is 0 Å². The highest BCUT2D eigenvalue weighted by atomic mass is 35.5. The molecule has 128 valence electrons. The summed E-state index contributed by atoms with van der Waals surface area (Å²) >= 11 is 10.7. The van der Waals surface area contributed by atoms with Crippen LogP contribution in [0.1, 0.15) is 11.1 Å². The number of nitrogens with zero attached hydrogens (tertiary/aromatic N) is 1. The molecule has 2 aromatic rings. The van der Waals surface area contributed by atoms with Crippen molar-refractivity contribution in [2.45, 2.75) is 12.7 Å². The fourth-order valence-corrected chi connectivity index (χ4v) is 2.25. The molecule has 0 radical (unpaired) electrons. The number of benzene rings is 1. The van der Waals surface area contributed by atoms with Crippen LogP contribution in [0.25, 0.3) is 0 Å². The van der Waals surface area contributed by atoms with E-state index in [1.54, 1.807) is 12.1 Å². The van der Waals surface area contributed by atoms with Gasteiger partial charge in [0.2, 0.25) is 5.88 Å². The molecule has 9 heteroatoms. The molecule has 1 aromatic carbocycles. The summed E-state index contributed by atoms with van der Waals surface area (Å²) < 4.78 is 43.4. The average Bonchev–Trinajstić information content (AvgIpc) is 2.53. The smallest absolute Gasteiger partial charge is 0.417 e. The molecule has 0 aliphatic carbocycles. The number of ether oxygens (including phenoxy) is 1. The molecule has 1 aromatic heterocycles. The van der Waals surface area contributed by atoms with Crippen molar-refractivity contribution in [3.8, 4) is 5.88 Å². The van der Waals surface area contributed by atoms with Crippen molar-refractivity contribution in [1.29, 1.82) is 0 Å². The van der Waals surface area contributed by atoms with Crippen molar-refractivity contribution >= 4 is 34.6 Å². The van der Waals surface area contributed by atoms with E-state index in [2.05, 4.69) is 15.6 Å². The molecular formula is C15H13ClF3N3OS. The molecule has 0 atom stereocenters. The lowest BCUT2D eigenvalue weighted by molar-refractivity contribution is -0.137. The van der Waals surface area contributed by atoms with Gasteiger partial charge >= 0.3 is 6.18 Å². The lowest BCUT2D eigenvalue weighted by Gasteiger charge is -2.13. The van der Waals surface area contributed by atoms with Crippen LogP contribution in [0.4, 0.5) is 18.9 Å². The summed E-state index contributed by atoms with van der Waals surface area (Å²) in [5.74, 6) is 0.459. The number of thiocarbonyl (C=S) groups is 1. The second kappa shape index (κ2) is 7.67. The predicted molar refractivity (Wildman–Crippen MR) is 90.3 cm³/mol. The van der Waals surface area contributed by atoms with Crippen LogP contribution in [0.15, 0.2) is 36.5 Å². The predicted octanol–water partition coefficient (Wildman–Crippen LogP) is 4.25. The van der Waals surface area contributed by atoms with Gasteiger partial charge in [-0.25, -0.2) is 4.98 Å². The third-order valence-corrected chi connectivity index (χ3v) is 3.57. The number of methoxy groups -OCH3 is 1. The van der Waals surface area contributed by atoms with Gasteiger partial charge < -0.3 is 15.4 Å². The number of hydrogen-bond acceptors (Lipinski definition) is 3. The van der Waals surface area contributed by atoms with E-state index >= 15 is 0 Å². The van der Waals surface area contributed by atoms with Crippen LogP contribution < -0.4 is 15.4 Å². The minimum Gasteiger partial charge on any atom is -0.481 e. The molecular weight excluding hydrogens is 363 g/mol. The molecule has 0 fully saturated rings. The van der Waals surface area contributed by atoms with Gasteiger partial charge in [-0.3, -0.25) is 0 Å². The highest BCUT2D eigenvalue weighted by Crippen LogP contribution is 2.35. The molecule has 0 bridgehead atoms. The molecule has 4 nitrogen and oxygen atoms in total. The lowest BCUT2D eigenvalue weighted by Crippen LogP contribution is -2.28.